The summed E-state index contributed by atoms with van der Waals surface area (Å²) in [7, 11) is 0. The quantitative estimate of drug-likeness (QED) is 0.265. The first kappa shape index (κ1) is 20.6. The molecule has 0 radical (unpaired) electrons. The van der Waals surface area contributed by atoms with Gasteiger partial charge in [0.2, 0.25) is 0 Å². The Labute approximate surface area is 209 Å². The molecule has 0 amide bonds. The highest BCUT2D eigenvalue weighted by Gasteiger charge is 2.15. The topological polar surface area (TPSA) is 30.2 Å². The van der Waals surface area contributed by atoms with E-state index in [0.29, 0.717) is 0 Å². The fourth-order valence-corrected chi connectivity index (χ4v) is 5.05. The average Bonchev–Trinajstić information content (AvgIpc) is 3.37. The second-order valence-electron chi connectivity index (χ2n) is 9.31. The number of hydrogen-bond donors (Lipinski definition) is 0. The summed E-state index contributed by atoms with van der Waals surface area (Å²) in [4.78, 5) is 0. The van der Waals surface area contributed by atoms with Gasteiger partial charge in [-0.2, -0.15) is 0 Å². The first-order chi connectivity index (χ1) is 17.7. The highest BCUT2D eigenvalue weighted by Crippen LogP contribution is 2.34. The summed E-state index contributed by atoms with van der Waals surface area (Å²) in [6.07, 6.45) is 2.18. The predicted molar refractivity (Wildman–Crippen MR) is 149 cm³/mol. The van der Waals surface area contributed by atoms with E-state index in [4.69, 9.17) is 0 Å². The largest absolute Gasteiger partial charge is 0.281 e. The number of aromatic nitrogens is 3. The SMILES string of the molecule is Cc1ccc(-c2nnc3c4ccccc4c(-c4ccc(-c5ccc6ccccc6c5)cc4)cn23)cc1. The molecule has 5 aromatic carbocycles. The number of benzene rings is 5. The van der Waals surface area contributed by atoms with E-state index >= 15 is 0 Å². The van der Waals surface area contributed by atoms with Crippen LogP contribution in [0.3, 0.4) is 0 Å². The molecule has 0 spiro atoms. The van der Waals surface area contributed by atoms with E-state index < -0.39 is 0 Å². The van der Waals surface area contributed by atoms with Crippen LogP contribution in [0.4, 0.5) is 0 Å². The van der Waals surface area contributed by atoms with Gasteiger partial charge >= 0.3 is 0 Å². The second kappa shape index (κ2) is 8.17. The molecule has 2 aromatic heterocycles. The van der Waals surface area contributed by atoms with Crippen molar-refractivity contribution in [3.63, 3.8) is 0 Å². The molecule has 0 fully saturated rings. The molecule has 2 heterocycles. The summed E-state index contributed by atoms with van der Waals surface area (Å²) >= 11 is 0. The van der Waals surface area contributed by atoms with Crippen LogP contribution in [0.2, 0.25) is 0 Å². The average molecular weight is 462 g/mol. The van der Waals surface area contributed by atoms with Crippen molar-refractivity contribution in [2.45, 2.75) is 6.92 Å². The summed E-state index contributed by atoms with van der Waals surface area (Å²) in [5, 5.41) is 13.9. The number of nitrogens with zero attached hydrogens (tertiary/aromatic N) is 3. The van der Waals surface area contributed by atoms with Crippen molar-refractivity contribution in [2.24, 2.45) is 0 Å². The lowest BCUT2D eigenvalue weighted by atomic mass is 9.96. The van der Waals surface area contributed by atoms with Crippen LogP contribution in [0.15, 0.2) is 121 Å². The summed E-state index contributed by atoms with van der Waals surface area (Å²) in [5.41, 5.74) is 7.92. The van der Waals surface area contributed by atoms with Gasteiger partial charge in [-0.1, -0.05) is 115 Å². The van der Waals surface area contributed by atoms with Crippen molar-refractivity contribution in [1.29, 1.82) is 0 Å². The van der Waals surface area contributed by atoms with E-state index in [-0.39, 0.29) is 0 Å². The fourth-order valence-electron chi connectivity index (χ4n) is 5.05. The first-order valence-electron chi connectivity index (χ1n) is 12.2. The predicted octanol–water partition coefficient (Wildman–Crippen LogP) is 8.35. The normalized spacial score (nSPS) is 11.5. The van der Waals surface area contributed by atoms with Crippen molar-refractivity contribution in [2.75, 3.05) is 0 Å². The van der Waals surface area contributed by atoms with Crippen molar-refractivity contribution in [1.82, 2.24) is 14.6 Å². The van der Waals surface area contributed by atoms with Gasteiger partial charge in [-0.15, -0.1) is 10.2 Å². The standard InChI is InChI=1S/C33H23N3/c1-22-10-12-26(13-11-22)32-34-35-33-30-9-5-4-8-29(30)31(21-36(32)33)25-17-14-24(15-18-25)28-19-16-23-6-2-3-7-27(23)20-28/h2-21H,1H3. The Morgan fingerprint density at radius 1 is 0.528 bits per heavy atom. The first-order valence-corrected chi connectivity index (χ1v) is 12.2. The van der Waals surface area contributed by atoms with Crippen LogP contribution < -0.4 is 0 Å². The lowest BCUT2D eigenvalue weighted by molar-refractivity contribution is 1.11. The van der Waals surface area contributed by atoms with Gasteiger partial charge < -0.3 is 0 Å². The zero-order valence-corrected chi connectivity index (χ0v) is 19.9. The van der Waals surface area contributed by atoms with E-state index in [1.807, 2.05) is 0 Å². The smallest absolute Gasteiger partial charge is 0.169 e. The Morgan fingerprint density at radius 3 is 1.97 bits per heavy atom. The van der Waals surface area contributed by atoms with Crippen molar-refractivity contribution in [3.05, 3.63) is 127 Å². The lowest BCUT2D eigenvalue weighted by Gasteiger charge is -2.11. The minimum absolute atomic E-state index is 0.852. The Balaban J connectivity index is 1.37. The van der Waals surface area contributed by atoms with Crippen molar-refractivity contribution < 1.29 is 0 Å². The number of aryl methyl sites for hydroxylation is 1. The Bertz CT molecular complexity index is 1880. The van der Waals surface area contributed by atoms with Crippen LogP contribution in [-0.4, -0.2) is 14.6 Å². The van der Waals surface area contributed by atoms with E-state index in [1.54, 1.807) is 0 Å². The number of fused-ring (bicyclic) bond motifs is 4. The van der Waals surface area contributed by atoms with Gasteiger partial charge in [-0.05, 0) is 45.8 Å². The minimum atomic E-state index is 0.852. The number of rotatable bonds is 3. The molecule has 0 N–H and O–H groups in total. The molecule has 36 heavy (non-hydrogen) atoms. The Morgan fingerprint density at radius 2 is 1.17 bits per heavy atom. The molecule has 0 aliphatic rings. The zero-order chi connectivity index (χ0) is 24.1. The molecule has 0 saturated carbocycles. The zero-order valence-electron chi connectivity index (χ0n) is 19.9. The Kier molecular flexibility index (Phi) is 4.68. The van der Waals surface area contributed by atoms with Gasteiger partial charge in [-0.3, -0.25) is 4.40 Å². The molecule has 3 heteroatoms. The summed E-state index contributed by atoms with van der Waals surface area (Å²) in [6.45, 7) is 2.10. The molecule has 0 saturated heterocycles. The third-order valence-electron chi connectivity index (χ3n) is 7.00. The third-order valence-corrected chi connectivity index (χ3v) is 7.00. The van der Waals surface area contributed by atoms with Gasteiger partial charge in [0.1, 0.15) is 0 Å². The maximum absolute atomic E-state index is 4.57. The van der Waals surface area contributed by atoms with Crippen molar-refractivity contribution in [3.8, 4) is 33.6 Å². The van der Waals surface area contributed by atoms with Crippen molar-refractivity contribution >= 4 is 27.2 Å². The summed E-state index contributed by atoms with van der Waals surface area (Å²) < 4.78 is 2.12. The molecule has 0 bridgehead atoms. The Hall–Kier alpha value is -4.76. The monoisotopic (exact) mass is 461 g/mol. The van der Waals surface area contributed by atoms with Gasteiger partial charge in [0, 0.05) is 22.7 Å². The van der Waals surface area contributed by atoms with Crippen LogP contribution in [-0.2, 0) is 0 Å². The molecule has 0 unspecified atom stereocenters. The maximum Gasteiger partial charge on any atom is 0.169 e. The third kappa shape index (κ3) is 3.37. The van der Waals surface area contributed by atoms with E-state index in [1.165, 1.54) is 38.4 Å². The minimum Gasteiger partial charge on any atom is -0.281 e. The van der Waals surface area contributed by atoms with Gasteiger partial charge in [-0.25, -0.2) is 0 Å². The van der Waals surface area contributed by atoms with Crippen LogP contribution in [0.1, 0.15) is 5.56 Å². The molecule has 3 nitrogen and oxygen atoms in total. The fraction of sp³-hybridized carbons (Fsp3) is 0.0303. The van der Waals surface area contributed by atoms with E-state index in [2.05, 4.69) is 143 Å². The maximum atomic E-state index is 4.57. The molecular weight excluding hydrogens is 438 g/mol. The second-order valence-corrected chi connectivity index (χ2v) is 9.31. The van der Waals surface area contributed by atoms with Crippen LogP contribution in [0, 0.1) is 6.92 Å². The molecule has 170 valence electrons. The van der Waals surface area contributed by atoms with Crippen LogP contribution in [0.5, 0.6) is 0 Å². The highest BCUT2D eigenvalue weighted by atomic mass is 15.2. The highest BCUT2D eigenvalue weighted by molar-refractivity contribution is 6.03. The number of hydrogen-bond acceptors (Lipinski definition) is 2. The molecule has 0 aliphatic heterocycles. The molecule has 0 atom stereocenters. The molecule has 0 aliphatic carbocycles. The lowest BCUT2D eigenvalue weighted by Crippen LogP contribution is -1.93. The number of pyridine rings is 1. The molecule has 7 aromatic rings. The van der Waals surface area contributed by atoms with Gasteiger partial charge in [0.15, 0.2) is 11.5 Å². The van der Waals surface area contributed by atoms with E-state index in [9.17, 15) is 0 Å². The molecule has 7 rings (SSSR count). The van der Waals surface area contributed by atoms with E-state index in [0.717, 1.165) is 28.0 Å². The summed E-state index contributed by atoms with van der Waals surface area (Å²) in [6, 6.07) is 40.9. The van der Waals surface area contributed by atoms with Gasteiger partial charge in [0.05, 0.1) is 0 Å². The van der Waals surface area contributed by atoms with Crippen LogP contribution >= 0.6 is 0 Å². The molecular formula is C33H23N3. The van der Waals surface area contributed by atoms with Crippen LogP contribution in [0.25, 0.3) is 60.8 Å². The summed E-state index contributed by atoms with van der Waals surface area (Å²) in [5.74, 6) is 0.852. The van der Waals surface area contributed by atoms with Gasteiger partial charge in [0.25, 0.3) is 0 Å².